The van der Waals surface area contributed by atoms with Crippen LogP contribution in [0.3, 0.4) is 0 Å². The van der Waals surface area contributed by atoms with Gasteiger partial charge in [0.05, 0.1) is 12.2 Å². The van der Waals surface area contributed by atoms with E-state index in [9.17, 15) is 4.79 Å². The van der Waals surface area contributed by atoms with E-state index >= 15 is 0 Å². The Kier molecular flexibility index (Phi) is 7.10. The van der Waals surface area contributed by atoms with Gasteiger partial charge in [-0.1, -0.05) is 24.3 Å². The highest BCUT2D eigenvalue weighted by Gasteiger charge is 2.14. The van der Waals surface area contributed by atoms with Crippen molar-refractivity contribution in [2.24, 2.45) is 0 Å². The number of hydrogen-bond acceptors (Lipinski definition) is 4. The van der Waals surface area contributed by atoms with Gasteiger partial charge in [0.25, 0.3) is 5.91 Å². The summed E-state index contributed by atoms with van der Waals surface area (Å²) in [7, 11) is 0. The fourth-order valence-electron chi connectivity index (χ4n) is 3.82. The van der Waals surface area contributed by atoms with E-state index in [0.717, 1.165) is 54.4 Å². The van der Waals surface area contributed by atoms with Crippen LogP contribution in [0.15, 0.2) is 54.6 Å². The fourth-order valence-corrected chi connectivity index (χ4v) is 4.95. The lowest BCUT2D eigenvalue weighted by Crippen LogP contribution is -2.17. The molecule has 0 spiro atoms. The van der Waals surface area contributed by atoms with Gasteiger partial charge in [-0.25, -0.2) is 0 Å². The average molecular weight is 436 g/mol. The number of aryl methyl sites for hydroxylation is 2. The van der Waals surface area contributed by atoms with Crippen LogP contribution in [-0.2, 0) is 17.0 Å². The van der Waals surface area contributed by atoms with Crippen LogP contribution in [0.5, 0.6) is 0 Å². The van der Waals surface area contributed by atoms with Gasteiger partial charge in [-0.2, -0.15) is 16.9 Å². The number of nitrogens with one attached hydrogen (secondary N) is 1. The number of carbonyl (C=O) groups excluding carboxylic acids is 1. The molecule has 0 saturated carbocycles. The first-order valence-corrected chi connectivity index (χ1v) is 11.8. The van der Waals surface area contributed by atoms with E-state index in [4.69, 9.17) is 4.74 Å². The average Bonchev–Trinajstić information content (AvgIpc) is 3.10. The topological polar surface area (TPSA) is 56.2 Å². The largest absolute Gasteiger partial charge is 0.381 e. The van der Waals surface area contributed by atoms with Crippen LogP contribution in [0.2, 0.25) is 0 Å². The van der Waals surface area contributed by atoms with Crippen LogP contribution >= 0.6 is 11.8 Å². The van der Waals surface area contributed by atoms with Crippen LogP contribution in [0.4, 0.5) is 5.69 Å². The Morgan fingerprint density at radius 3 is 2.65 bits per heavy atom. The fraction of sp³-hybridized carbons (Fsp3) is 0.360. The lowest BCUT2D eigenvalue weighted by molar-refractivity contribution is 0.1000. The van der Waals surface area contributed by atoms with Gasteiger partial charge < -0.3 is 10.1 Å². The Morgan fingerprint density at radius 1 is 1.10 bits per heavy atom. The highest BCUT2D eigenvalue weighted by Crippen LogP contribution is 2.26. The smallest absolute Gasteiger partial charge is 0.255 e. The molecule has 162 valence electrons. The molecule has 0 bridgehead atoms. The van der Waals surface area contributed by atoms with Crippen molar-refractivity contribution in [3.8, 4) is 0 Å². The van der Waals surface area contributed by atoms with Gasteiger partial charge in [-0.15, -0.1) is 0 Å². The minimum Gasteiger partial charge on any atom is -0.381 e. The molecule has 2 aromatic carbocycles. The first kappa shape index (κ1) is 21.7. The predicted molar refractivity (Wildman–Crippen MR) is 127 cm³/mol. The normalized spacial score (nSPS) is 14.5. The van der Waals surface area contributed by atoms with Crippen molar-refractivity contribution in [3.63, 3.8) is 0 Å². The lowest BCUT2D eigenvalue weighted by Gasteiger charge is -2.21. The molecule has 5 nitrogen and oxygen atoms in total. The maximum absolute atomic E-state index is 12.9. The van der Waals surface area contributed by atoms with E-state index in [0.29, 0.717) is 17.4 Å². The summed E-state index contributed by atoms with van der Waals surface area (Å²) in [4.78, 5) is 12.9. The zero-order valence-corrected chi connectivity index (χ0v) is 19.0. The molecule has 1 fully saturated rings. The number of aromatic nitrogens is 2. The number of thioether (sulfide) groups is 1. The first-order valence-electron chi connectivity index (χ1n) is 10.8. The summed E-state index contributed by atoms with van der Waals surface area (Å²) in [6.45, 7) is 6.42. The van der Waals surface area contributed by atoms with Gasteiger partial charge in [-0.3, -0.25) is 9.48 Å². The number of rotatable bonds is 7. The predicted octanol–water partition coefficient (Wildman–Crippen LogP) is 5.21. The number of nitrogens with zero attached hydrogens (tertiary/aromatic N) is 2. The zero-order valence-electron chi connectivity index (χ0n) is 18.1. The second-order valence-electron chi connectivity index (χ2n) is 8.06. The monoisotopic (exact) mass is 435 g/mol. The van der Waals surface area contributed by atoms with Crippen molar-refractivity contribution in [1.29, 1.82) is 0 Å². The van der Waals surface area contributed by atoms with E-state index in [1.165, 1.54) is 5.56 Å². The Labute approximate surface area is 188 Å². The molecule has 1 amide bonds. The zero-order chi connectivity index (χ0) is 21.6. The molecular formula is C25H29N3O2S. The second-order valence-corrected chi connectivity index (χ2v) is 9.35. The highest BCUT2D eigenvalue weighted by molar-refractivity contribution is 7.99. The van der Waals surface area contributed by atoms with Crippen molar-refractivity contribution in [2.45, 2.75) is 44.2 Å². The number of ether oxygens (including phenoxy) is 1. The summed E-state index contributed by atoms with van der Waals surface area (Å²) in [5, 5.41) is 8.23. The van der Waals surface area contributed by atoms with Gasteiger partial charge in [-0.05, 0) is 68.1 Å². The van der Waals surface area contributed by atoms with Gasteiger partial charge in [0, 0.05) is 41.2 Å². The molecule has 1 aliphatic rings. The van der Waals surface area contributed by atoms with Gasteiger partial charge >= 0.3 is 0 Å². The van der Waals surface area contributed by atoms with Crippen molar-refractivity contribution in [3.05, 3.63) is 82.7 Å². The summed E-state index contributed by atoms with van der Waals surface area (Å²) < 4.78 is 7.40. The Bertz CT molecular complexity index is 1040. The van der Waals surface area contributed by atoms with Crippen LogP contribution in [-0.4, -0.2) is 34.2 Å². The Morgan fingerprint density at radius 2 is 1.87 bits per heavy atom. The quantitative estimate of drug-likeness (QED) is 0.553. The molecule has 1 aliphatic heterocycles. The van der Waals surface area contributed by atoms with E-state index in [-0.39, 0.29) is 5.91 Å². The number of hydrogen-bond donors (Lipinski definition) is 1. The summed E-state index contributed by atoms with van der Waals surface area (Å²) in [5.74, 6) is 0.858. The number of benzene rings is 2. The van der Waals surface area contributed by atoms with E-state index in [1.807, 2.05) is 66.7 Å². The second kappa shape index (κ2) is 10.2. The van der Waals surface area contributed by atoms with Gasteiger partial charge in [0.15, 0.2) is 0 Å². The lowest BCUT2D eigenvalue weighted by atomic mass is 10.1. The molecule has 6 heteroatoms. The van der Waals surface area contributed by atoms with E-state index in [2.05, 4.69) is 28.6 Å². The van der Waals surface area contributed by atoms with E-state index < -0.39 is 0 Å². The molecule has 1 N–H and O–H groups in total. The molecule has 3 aromatic rings. The molecular weight excluding hydrogens is 406 g/mol. The minimum absolute atomic E-state index is 0.0931. The van der Waals surface area contributed by atoms with Gasteiger partial charge in [0.1, 0.15) is 0 Å². The molecule has 1 aromatic heterocycles. The van der Waals surface area contributed by atoms with Crippen LogP contribution in [0.25, 0.3) is 0 Å². The molecule has 4 rings (SSSR count). The molecule has 2 heterocycles. The maximum atomic E-state index is 12.9. The van der Waals surface area contributed by atoms with Crippen molar-refractivity contribution in [2.75, 3.05) is 18.5 Å². The summed E-state index contributed by atoms with van der Waals surface area (Å²) >= 11 is 1.98. The molecule has 0 unspecified atom stereocenters. The van der Waals surface area contributed by atoms with Gasteiger partial charge in [0.2, 0.25) is 0 Å². The number of anilines is 1. The number of carbonyl (C=O) groups is 1. The van der Waals surface area contributed by atoms with Crippen molar-refractivity contribution < 1.29 is 9.53 Å². The molecule has 1 saturated heterocycles. The van der Waals surface area contributed by atoms with Crippen LogP contribution in [0, 0.1) is 13.8 Å². The Hall–Kier alpha value is -2.57. The first-order chi connectivity index (χ1) is 15.1. The summed E-state index contributed by atoms with van der Waals surface area (Å²) in [6, 6.07) is 18.0. The molecule has 31 heavy (non-hydrogen) atoms. The summed E-state index contributed by atoms with van der Waals surface area (Å²) in [6.07, 6.45) is 2.24. The third-order valence-electron chi connectivity index (χ3n) is 5.46. The molecule has 0 atom stereocenters. The third-order valence-corrected chi connectivity index (χ3v) is 6.91. The maximum Gasteiger partial charge on any atom is 0.255 e. The van der Waals surface area contributed by atoms with Crippen LogP contribution in [0.1, 0.15) is 45.7 Å². The van der Waals surface area contributed by atoms with Crippen molar-refractivity contribution >= 4 is 23.4 Å². The SMILES string of the molecule is Cc1cc(C)n(Cc2cccc(C(=O)Nc3cccc(CSC4CCOCC4)c3)c2)n1. The highest BCUT2D eigenvalue weighted by atomic mass is 32.2. The molecule has 0 aliphatic carbocycles. The van der Waals surface area contributed by atoms with E-state index in [1.54, 1.807) is 0 Å². The number of amides is 1. The minimum atomic E-state index is -0.0931. The third kappa shape index (κ3) is 5.99. The summed E-state index contributed by atoms with van der Waals surface area (Å²) in [5.41, 5.74) is 5.89. The van der Waals surface area contributed by atoms with Crippen LogP contribution < -0.4 is 5.32 Å². The molecule has 0 radical (unpaired) electrons. The standard InChI is InChI=1S/C25H29N3O2S/c1-18-13-19(2)28(27-18)16-20-5-3-7-22(14-20)25(29)26-23-8-4-6-21(15-23)17-31-24-9-11-30-12-10-24/h3-8,13-15,24H,9-12,16-17H2,1-2H3,(H,26,29). The van der Waals surface area contributed by atoms with Crippen molar-refractivity contribution in [1.82, 2.24) is 9.78 Å². The Balaban J connectivity index is 1.38.